The lowest BCUT2D eigenvalue weighted by Crippen LogP contribution is -2.46. The van der Waals surface area contributed by atoms with Gasteiger partial charge in [0.1, 0.15) is 4.90 Å². The van der Waals surface area contributed by atoms with E-state index in [0.29, 0.717) is 35.3 Å². The minimum absolute atomic E-state index is 0.351. The van der Waals surface area contributed by atoms with Crippen LogP contribution in [0.4, 0.5) is 0 Å². The molecule has 2 aliphatic rings. The number of aromatic amines is 1. The van der Waals surface area contributed by atoms with E-state index < -0.39 is 10.0 Å². The number of nitrogens with one attached hydrogen (secondary N) is 1. The van der Waals surface area contributed by atoms with Crippen molar-refractivity contribution in [3.05, 3.63) is 11.4 Å². The summed E-state index contributed by atoms with van der Waals surface area (Å²) in [6.07, 6.45) is 2.01. The second-order valence-corrected chi connectivity index (χ2v) is 8.42. The van der Waals surface area contributed by atoms with Gasteiger partial charge < -0.3 is 4.74 Å². The molecule has 0 amide bonds. The fourth-order valence-corrected chi connectivity index (χ4v) is 5.48. The van der Waals surface area contributed by atoms with E-state index in [0.717, 1.165) is 45.7 Å². The fourth-order valence-electron chi connectivity index (χ4n) is 3.59. The summed E-state index contributed by atoms with van der Waals surface area (Å²) in [4.78, 5) is 2.74. The van der Waals surface area contributed by atoms with Crippen LogP contribution in [0.15, 0.2) is 4.90 Å². The SMILES string of the molecule is Cc1n[nH]c(C)c1S(=O)(=O)N1CCC[C@H](CN2CCOCC2)C1. The second-order valence-electron chi connectivity index (χ2n) is 6.55. The van der Waals surface area contributed by atoms with Crippen LogP contribution in [0, 0.1) is 19.8 Å². The number of hydrogen-bond donors (Lipinski definition) is 1. The van der Waals surface area contributed by atoms with Crippen molar-refractivity contribution in [2.45, 2.75) is 31.6 Å². The number of morpholine rings is 1. The number of aromatic nitrogens is 2. The molecule has 130 valence electrons. The monoisotopic (exact) mass is 342 g/mol. The molecule has 0 radical (unpaired) electrons. The van der Waals surface area contributed by atoms with E-state index >= 15 is 0 Å². The molecule has 2 saturated heterocycles. The number of hydrogen-bond acceptors (Lipinski definition) is 5. The van der Waals surface area contributed by atoms with Crippen LogP contribution in [0.25, 0.3) is 0 Å². The number of nitrogens with zero attached hydrogens (tertiary/aromatic N) is 3. The van der Waals surface area contributed by atoms with Crippen LogP contribution >= 0.6 is 0 Å². The van der Waals surface area contributed by atoms with Crippen molar-refractivity contribution in [2.24, 2.45) is 5.92 Å². The average molecular weight is 342 g/mol. The second kappa shape index (κ2) is 6.88. The van der Waals surface area contributed by atoms with Gasteiger partial charge in [0.15, 0.2) is 0 Å². The molecule has 2 fully saturated rings. The van der Waals surface area contributed by atoms with E-state index in [9.17, 15) is 8.42 Å². The minimum atomic E-state index is -3.46. The van der Waals surface area contributed by atoms with Gasteiger partial charge in [-0.3, -0.25) is 10.00 Å². The van der Waals surface area contributed by atoms with E-state index in [1.807, 2.05) is 0 Å². The molecule has 7 nitrogen and oxygen atoms in total. The third kappa shape index (κ3) is 3.60. The minimum Gasteiger partial charge on any atom is -0.379 e. The van der Waals surface area contributed by atoms with Crippen molar-refractivity contribution < 1.29 is 13.2 Å². The number of aryl methyl sites for hydroxylation is 2. The quantitative estimate of drug-likeness (QED) is 0.874. The van der Waals surface area contributed by atoms with Crippen LogP contribution in [0.1, 0.15) is 24.2 Å². The van der Waals surface area contributed by atoms with Gasteiger partial charge in [-0.1, -0.05) is 0 Å². The van der Waals surface area contributed by atoms with Gasteiger partial charge in [-0.15, -0.1) is 0 Å². The highest BCUT2D eigenvalue weighted by molar-refractivity contribution is 7.89. The summed E-state index contributed by atoms with van der Waals surface area (Å²) >= 11 is 0. The zero-order chi connectivity index (χ0) is 16.4. The molecule has 0 saturated carbocycles. The van der Waals surface area contributed by atoms with Gasteiger partial charge in [0.05, 0.1) is 24.6 Å². The predicted octanol–water partition coefficient (Wildman–Crippen LogP) is 0.759. The molecule has 3 heterocycles. The van der Waals surface area contributed by atoms with Crippen LogP contribution in [0.5, 0.6) is 0 Å². The Morgan fingerprint density at radius 3 is 2.65 bits per heavy atom. The van der Waals surface area contributed by atoms with Gasteiger partial charge in [-0.2, -0.15) is 9.40 Å². The Morgan fingerprint density at radius 2 is 2.00 bits per heavy atom. The lowest BCUT2D eigenvalue weighted by atomic mass is 9.99. The number of rotatable bonds is 4. The highest BCUT2D eigenvalue weighted by Gasteiger charge is 2.34. The maximum absolute atomic E-state index is 13.0. The van der Waals surface area contributed by atoms with E-state index in [2.05, 4.69) is 15.1 Å². The smallest absolute Gasteiger partial charge is 0.246 e. The topological polar surface area (TPSA) is 78.5 Å². The first-order chi connectivity index (χ1) is 11.0. The van der Waals surface area contributed by atoms with Crippen LogP contribution < -0.4 is 0 Å². The van der Waals surface area contributed by atoms with Crippen molar-refractivity contribution in [1.82, 2.24) is 19.4 Å². The molecule has 2 aliphatic heterocycles. The van der Waals surface area contributed by atoms with E-state index in [-0.39, 0.29) is 0 Å². The summed E-state index contributed by atoms with van der Waals surface area (Å²) in [6, 6.07) is 0. The Kier molecular flexibility index (Phi) is 5.05. The molecule has 0 aromatic carbocycles. The first-order valence-electron chi connectivity index (χ1n) is 8.30. The first-order valence-corrected chi connectivity index (χ1v) is 9.74. The number of ether oxygens (including phenoxy) is 1. The molecule has 3 rings (SSSR count). The number of sulfonamides is 1. The summed E-state index contributed by atoms with van der Waals surface area (Å²) in [6.45, 7) is 9.12. The molecule has 1 aromatic rings. The van der Waals surface area contributed by atoms with Gasteiger partial charge in [0.25, 0.3) is 0 Å². The highest BCUT2D eigenvalue weighted by atomic mass is 32.2. The molecule has 1 atom stereocenters. The van der Waals surface area contributed by atoms with Gasteiger partial charge in [-0.25, -0.2) is 8.42 Å². The van der Waals surface area contributed by atoms with Crippen molar-refractivity contribution in [3.8, 4) is 0 Å². The Morgan fingerprint density at radius 1 is 1.26 bits per heavy atom. The third-order valence-electron chi connectivity index (χ3n) is 4.76. The molecule has 8 heteroatoms. The highest BCUT2D eigenvalue weighted by Crippen LogP contribution is 2.27. The van der Waals surface area contributed by atoms with E-state index in [4.69, 9.17) is 4.74 Å². The zero-order valence-electron chi connectivity index (χ0n) is 13.9. The van der Waals surface area contributed by atoms with Gasteiger partial charge in [0, 0.05) is 32.7 Å². The number of piperidine rings is 1. The van der Waals surface area contributed by atoms with Gasteiger partial charge in [-0.05, 0) is 32.6 Å². The molecule has 0 aliphatic carbocycles. The van der Waals surface area contributed by atoms with E-state index in [1.54, 1.807) is 18.2 Å². The zero-order valence-corrected chi connectivity index (χ0v) is 14.7. The van der Waals surface area contributed by atoms with Gasteiger partial charge in [0.2, 0.25) is 10.0 Å². The Hall–Kier alpha value is -0.960. The van der Waals surface area contributed by atoms with E-state index in [1.165, 1.54) is 0 Å². The Balaban J connectivity index is 1.70. The molecular formula is C15H26N4O3S. The predicted molar refractivity (Wildman–Crippen MR) is 86.8 cm³/mol. The molecule has 0 spiro atoms. The van der Waals surface area contributed by atoms with Gasteiger partial charge >= 0.3 is 0 Å². The summed E-state index contributed by atoms with van der Waals surface area (Å²) in [5.74, 6) is 0.393. The van der Waals surface area contributed by atoms with Crippen molar-refractivity contribution in [3.63, 3.8) is 0 Å². The Bertz CT molecular complexity index is 618. The van der Waals surface area contributed by atoms with Crippen LogP contribution in [0.3, 0.4) is 0 Å². The first kappa shape index (κ1) is 16.9. The van der Waals surface area contributed by atoms with Crippen molar-refractivity contribution in [2.75, 3.05) is 45.9 Å². The third-order valence-corrected chi connectivity index (χ3v) is 6.89. The molecular weight excluding hydrogens is 316 g/mol. The standard InChI is InChI=1S/C15H26N4O3S/c1-12-15(13(2)17-16-12)23(20,21)19-5-3-4-14(11-19)10-18-6-8-22-9-7-18/h14H,3-11H2,1-2H3,(H,16,17)/t14-/m1/s1. The van der Waals surface area contributed by atoms with Crippen LogP contribution in [0.2, 0.25) is 0 Å². The maximum Gasteiger partial charge on any atom is 0.246 e. The largest absolute Gasteiger partial charge is 0.379 e. The summed E-state index contributed by atoms with van der Waals surface area (Å²) in [5, 5.41) is 6.82. The molecule has 1 N–H and O–H groups in total. The average Bonchev–Trinajstić information content (AvgIpc) is 2.88. The molecule has 1 aromatic heterocycles. The number of H-pyrrole nitrogens is 1. The normalized spacial score (nSPS) is 24.9. The lowest BCUT2D eigenvalue weighted by molar-refractivity contribution is 0.0265. The maximum atomic E-state index is 13.0. The molecule has 0 bridgehead atoms. The lowest BCUT2D eigenvalue weighted by Gasteiger charge is -2.36. The summed E-state index contributed by atoms with van der Waals surface area (Å²) in [7, 11) is -3.46. The van der Waals surface area contributed by atoms with Crippen molar-refractivity contribution in [1.29, 1.82) is 0 Å². The van der Waals surface area contributed by atoms with Crippen LogP contribution in [-0.4, -0.2) is 73.8 Å². The summed E-state index contributed by atoms with van der Waals surface area (Å²) in [5.41, 5.74) is 1.18. The summed E-state index contributed by atoms with van der Waals surface area (Å²) < 4.78 is 32.9. The molecule has 0 unspecified atom stereocenters. The van der Waals surface area contributed by atoms with Crippen molar-refractivity contribution >= 4 is 10.0 Å². The Labute approximate surface area is 138 Å². The fraction of sp³-hybridized carbons (Fsp3) is 0.800. The molecule has 23 heavy (non-hydrogen) atoms. The van der Waals surface area contributed by atoms with Crippen LogP contribution in [-0.2, 0) is 14.8 Å².